The molecule has 0 spiro atoms. The number of fused-ring (bicyclic) bond motifs is 2. The van der Waals surface area contributed by atoms with Crippen LogP contribution in [0.3, 0.4) is 0 Å². The molecule has 0 heterocycles. The van der Waals surface area contributed by atoms with Crippen LogP contribution >= 0.6 is 31.1 Å². The van der Waals surface area contributed by atoms with Gasteiger partial charge in [0, 0.05) is 20.7 Å². The molecule has 0 fully saturated rings. The Labute approximate surface area is 216 Å². The van der Waals surface area contributed by atoms with Gasteiger partial charge in [0.1, 0.15) is 0 Å². The molecule has 35 heavy (non-hydrogen) atoms. The molecule has 0 radical (unpaired) electrons. The molecule has 0 aromatic heterocycles. The maximum Gasteiger partial charge on any atom is 0.0489 e. The van der Waals surface area contributed by atoms with Crippen LogP contribution in [0.5, 0.6) is 0 Å². The summed E-state index contributed by atoms with van der Waals surface area (Å²) < 4.78 is 0. The molecule has 0 aliphatic heterocycles. The fourth-order valence-electron chi connectivity index (χ4n) is 4.83. The molecule has 168 valence electrons. The fraction of sp³-hybridized carbons (Fsp3) is 0. The standard InChI is InChI=1S/C32H21Cl2P/c33-27-16-5-7-18-29(27)35(30-19-8-6-17-28(30)34)31-21-20-23-11-2-4-14-25(23)32(31)26-15-9-12-22-10-1-3-13-24(22)26/h1-21H. The molecule has 3 heteroatoms. The molecule has 6 rings (SSSR count). The molecular formula is C32H21Cl2P. The van der Waals surface area contributed by atoms with Crippen molar-refractivity contribution in [3.63, 3.8) is 0 Å². The molecular weight excluding hydrogens is 486 g/mol. The van der Waals surface area contributed by atoms with E-state index in [9.17, 15) is 0 Å². The van der Waals surface area contributed by atoms with E-state index in [4.69, 9.17) is 23.2 Å². The normalized spacial score (nSPS) is 11.4. The highest BCUT2D eigenvalue weighted by Gasteiger charge is 2.26. The van der Waals surface area contributed by atoms with Gasteiger partial charge < -0.3 is 0 Å². The van der Waals surface area contributed by atoms with Gasteiger partial charge in [-0.25, -0.2) is 0 Å². The monoisotopic (exact) mass is 506 g/mol. The molecule has 0 amide bonds. The van der Waals surface area contributed by atoms with Crippen LogP contribution in [0.4, 0.5) is 0 Å². The van der Waals surface area contributed by atoms with Crippen LogP contribution in [0, 0.1) is 0 Å². The number of hydrogen-bond donors (Lipinski definition) is 0. The molecule has 0 nitrogen and oxygen atoms in total. The van der Waals surface area contributed by atoms with Crippen LogP contribution in [0.1, 0.15) is 0 Å². The summed E-state index contributed by atoms with van der Waals surface area (Å²) in [6, 6.07) is 44.6. The molecule has 6 aromatic carbocycles. The van der Waals surface area contributed by atoms with E-state index in [2.05, 4.69) is 103 Å². The summed E-state index contributed by atoms with van der Waals surface area (Å²) in [4.78, 5) is 0. The lowest BCUT2D eigenvalue weighted by atomic mass is 9.94. The van der Waals surface area contributed by atoms with E-state index in [0.29, 0.717) is 0 Å². The first-order chi connectivity index (χ1) is 17.2. The summed E-state index contributed by atoms with van der Waals surface area (Å²) in [6.45, 7) is 0. The topological polar surface area (TPSA) is 0 Å². The van der Waals surface area contributed by atoms with Crippen molar-refractivity contribution in [1.29, 1.82) is 0 Å². The molecule has 0 bridgehead atoms. The van der Waals surface area contributed by atoms with E-state index in [1.807, 2.05) is 24.3 Å². The van der Waals surface area contributed by atoms with Crippen molar-refractivity contribution in [3.05, 3.63) is 137 Å². The van der Waals surface area contributed by atoms with Crippen LogP contribution in [0.2, 0.25) is 10.0 Å². The highest BCUT2D eigenvalue weighted by Crippen LogP contribution is 2.44. The number of hydrogen-bond acceptors (Lipinski definition) is 0. The van der Waals surface area contributed by atoms with Gasteiger partial charge >= 0.3 is 0 Å². The molecule has 0 atom stereocenters. The lowest BCUT2D eigenvalue weighted by Crippen LogP contribution is -2.24. The van der Waals surface area contributed by atoms with Crippen molar-refractivity contribution in [2.24, 2.45) is 0 Å². The van der Waals surface area contributed by atoms with E-state index >= 15 is 0 Å². The summed E-state index contributed by atoms with van der Waals surface area (Å²) >= 11 is 13.7. The molecule has 0 N–H and O–H groups in total. The van der Waals surface area contributed by atoms with Gasteiger partial charge in [0.25, 0.3) is 0 Å². The molecule has 0 unspecified atom stereocenters. The zero-order valence-electron chi connectivity index (χ0n) is 18.8. The Hall–Kier alpha value is -3.15. The predicted molar refractivity (Wildman–Crippen MR) is 156 cm³/mol. The Bertz CT molecular complexity index is 1640. The van der Waals surface area contributed by atoms with E-state index in [1.54, 1.807) is 0 Å². The Morgan fingerprint density at radius 3 is 1.57 bits per heavy atom. The van der Waals surface area contributed by atoms with Crippen LogP contribution in [0.15, 0.2) is 127 Å². The van der Waals surface area contributed by atoms with E-state index in [0.717, 1.165) is 20.7 Å². The third kappa shape index (κ3) is 4.03. The van der Waals surface area contributed by atoms with Crippen LogP contribution in [0.25, 0.3) is 32.7 Å². The van der Waals surface area contributed by atoms with Gasteiger partial charge in [-0.2, -0.15) is 0 Å². The Kier molecular flexibility index (Phi) is 6.05. The largest absolute Gasteiger partial charge is 0.0836 e. The molecule has 0 saturated carbocycles. The molecule has 0 aliphatic carbocycles. The second-order valence-electron chi connectivity index (χ2n) is 8.45. The molecule has 6 aromatic rings. The van der Waals surface area contributed by atoms with Gasteiger partial charge in [0.2, 0.25) is 0 Å². The van der Waals surface area contributed by atoms with Crippen molar-refractivity contribution in [1.82, 2.24) is 0 Å². The second kappa shape index (κ2) is 9.48. The molecule has 0 saturated heterocycles. The van der Waals surface area contributed by atoms with E-state index in [-0.39, 0.29) is 0 Å². The highest BCUT2D eigenvalue weighted by molar-refractivity contribution is 7.80. The first-order valence-electron chi connectivity index (χ1n) is 11.5. The maximum atomic E-state index is 6.86. The summed E-state index contributed by atoms with van der Waals surface area (Å²) in [7, 11) is -1.02. The third-order valence-corrected chi connectivity index (χ3v) is 9.91. The average Bonchev–Trinajstić information content (AvgIpc) is 2.90. The number of halogens is 2. The minimum atomic E-state index is -1.02. The predicted octanol–water partition coefficient (Wildman–Crippen LogP) is 8.73. The zero-order valence-corrected chi connectivity index (χ0v) is 21.2. The minimum Gasteiger partial charge on any atom is -0.0836 e. The van der Waals surface area contributed by atoms with Gasteiger partial charge in [-0.3, -0.25) is 0 Å². The maximum absolute atomic E-state index is 6.86. The Morgan fingerprint density at radius 2 is 0.914 bits per heavy atom. The van der Waals surface area contributed by atoms with Crippen molar-refractivity contribution in [2.45, 2.75) is 0 Å². The SMILES string of the molecule is Clc1ccccc1P(c1ccccc1Cl)c1ccc2ccccc2c1-c1cccc2ccccc12. The average molecular weight is 507 g/mol. The summed E-state index contributed by atoms with van der Waals surface area (Å²) in [6.07, 6.45) is 0. The lowest BCUT2D eigenvalue weighted by Gasteiger charge is -2.26. The lowest BCUT2D eigenvalue weighted by molar-refractivity contribution is 1.70. The zero-order chi connectivity index (χ0) is 23.8. The minimum absolute atomic E-state index is 0.760. The second-order valence-corrected chi connectivity index (χ2v) is 11.4. The Morgan fingerprint density at radius 1 is 0.400 bits per heavy atom. The highest BCUT2D eigenvalue weighted by atomic mass is 35.5. The van der Waals surface area contributed by atoms with Gasteiger partial charge in [0.15, 0.2) is 0 Å². The summed E-state index contributed by atoms with van der Waals surface area (Å²) in [5.74, 6) is 0. The quantitative estimate of drug-likeness (QED) is 0.209. The smallest absolute Gasteiger partial charge is 0.0489 e. The fourth-order valence-corrected chi connectivity index (χ4v) is 8.12. The first-order valence-corrected chi connectivity index (χ1v) is 13.6. The van der Waals surface area contributed by atoms with Gasteiger partial charge in [-0.1, -0.05) is 138 Å². The van der Waals surface area contributed by atoms with Crippen LogP contribution < -0.4 is 15.9 Å². The molecule has 0 aliphatic rings. The Balaban J connectivity index is 1.76. The van der Waals surface area contributed by atoms with E-state index < -0.39 is 7.92 Å². The van der Waals surface area contributed by atoms with Crippen molar-refractivity contribution in [2.75, 3.05) is 0 Å². The van der Waals surface area contributed by atoms with Crippen LogP contribution in [-0.2, 0) is 0 Å². The van der Waals surface area contributed by atoms with Crippen LogP contribution in [-0.4, -0.2) is 0 Å². The van der Waals surface area contributed by atoms with Crippen molar-refractivity contribution < 1.29 is 0 Å². The number of rotatable bonds is 4. The summed E-state index contributed by atoms with van der Waals surface area (Å²) in [5.41, 5.74) is 2.47. The third-order valence-electron chi connectivity index (χ3n) is 6.39. The van der Waals surface area contributed by atoms with Gasteiger partial charge in [-0.05, 0) is 58.0 Å². The number of benzene rings is 6. The first kappa shape index (κ1) is 22.3. The van der Waals surface area contributed by atoms with Crippen molar-refractivity contribution >= 4 is 68.6 Å². The van der Waals surface area contributed by atoms with E-state index in [1.165, 1.54) is 38.0 Å². The van der Waals surface area contributed by atoms with Gasteiger partial charge in [0.05, 0.1) is 0 Å². The summed E-state index contributed by atoms with van der Waals surface area (Å²) in [5, 5.41) is 9.88. The van der Waals surface area contributed by atoms with Crippen molar-refractivity contribution in [3.8, 4) is 11.1 Å². The van der Waals surface area contributed by atoms with Gasteiger partial charge in [-0.15, -0.1) is 0 Å².